The standard InChI is InChI=1S/C15H17F3N2/c1-2-10-7-13(10)11-3-4-12-9-19-20(14(12)8-11)6-5-15(16,17)18/h3-4,8-10,13H,2,5-7H2,1H3/t10-,13-/m0/s1. The summed E-state index contributed by atoms with van der Waals surface area (Å²) in [6.45, 7) is 2.06. The number of benzene rings is 1. The Morgan fingerprint density at radius 3 is 2.80 bits per heavy atom. The number of aromatic nitrogens is 2. The van der Waals surface area contributed by atoms with Gasteiger partial charge in [-0.15, -0.1) is 0 Å². The molecule has 0 N–H and O–H groups in total. The topological polar surface area (TPSA) is 17.8 Å². The molecular weight excluding hydrogens is 265 g/mol. The van der Waals surface area contributed by atoms with Crippen LogP contribution in [0.25, 0.3) is 10.9 Å². The third kappa shape index (κ3) is 2.67. The van der Waals surface area contributed by atoms with E-state index in [-0.39, 0.29) is 6.54 Å². The van der Waals surface area contributed by atoms with Gasteiger partial charge in [-0.1, -0.05) is 25.5 Å². The molecule has 1 aliphatic carbocycles. The Bertz CT molecular complexity index is 615. The third-order valence-electron chi connectivity index (χ3n) is 4.15. The smallest absolute Gasteiger partial charge is 0.265 e. The fourth-order valence-corrected chi connectivity index (χ4v) is 2.84. The number of alkyl halides is 3. The van der Waals surface area contributed by atoms with Gasteiger partial charge in [-0.2, -0.15) is 18.3 Å². The Kier molecular flexibility index (Phi) is 3.22. The summed E-state index contributed by atoms with van der Waals surface area (Å²) in [6, 6.07) is 6.06. The first-order valence-corrected chi connectivity index (χ1v) is 7.00. The van der Waals surface area contributed by atoms with Crippen molar-refractivity contribution < 1.29 is 13.2 Å². The second-order valence-corrected chi connectivity index (χ2v) is 5.56. The van der Waals surface area contributed by atoms with Gasteiger partial charge >= 0.3 is 6.18 Å². The van der Waals surface area contributed by atoms with Crippen LogP contribution in [0.5, 0.6) is 0 Å². The summed E-state index contributed by atoms with van der Waals surface area (Å²) in [6.07, 6.45) is -0.983. The zero-order chi connectivity index (χ0) is 14.3. The predicted molar refractivity (Wildman–Crippen MR) is 71.5 cm³/mol. The summed E-state index contributed by atoms with van der Waals surface area (Å²) in [5.74, 6) is 1.31. The van der Waals surface area contributed by atoms with Gasteiger partial charge in [-0.05, 0) is 29.9 Å². The number of rotatable bonds is 4. The summed E-state index contributed by atoms with van der Waals surface area (Å²) in [5.41, 5.74) is 2.05. The highest BCUT2D eigenvalue weighted by atomic mass is 19.4. The highest BCUT2D eigenvalue weighted by Gasteiger charge is 2.36. The predicted octanol–water partition coefficient (Wildman–Crippen LogP) is 4.50. The van der Waals surface area contributed by atoms with E-state index in [2.05, 4.69) is 18.1 Å². The highest BCUT2D eigenvalue weighted by Crippen LogP contribution is 2.49. The Labute approximate surface area is 115 Å². The quantitative estimate of drug-likeness (QED) is 0.807. The molecule has 20 heavy (non-hydrogen) atoms. The monoisotopic (exact) mass is 282 g/mol. The lowest BCUT2D eigenvalue weighted by Crippen LogP contribution is -2.12. The molecule has 1 fully saturated rings. The highest BCUT2D eigenvalue weighted by molar-refractivity contribution is 5.79. The Morgan fingerprint density at radius 1 is 1.35 bits per heavy atom. The maximum absolute atomic E-state index is 12.3. The molecule has 0 saturated heterocycles. The van der Waals surface area contributed by atoms with Crippen molar-refractivity contribution >= 4 is 10.9 Å². The molecule has 3 rings (SSSR count). The van der Waals surface area contributed by atoms with Crippen molar-refractivity contribution in [1.29, 1.82) is 0 Å². The molecule has 1 heterocycles. The van der Waals surface area contributed by atoms with Gasteiger partial charge < -0.3 is 0 Å². The zero-order valence-electron chi connectivity index (χ0n) is 11.3. The van der Waals surface area contributed by atoms with Crippen LogP contribution in [0, 0.1) is 5.92 Å². The fourth-order valence-electron chi connectivity index (χ4n) is 2.84. The second kappa shape index (κ2) is 4.79. The van der Waals surface area contributed by atoms with E-state index in [4.69, 9.17) is 0 Å². The van der Waals surface area contributed by atoms with Crippen LogP contribution in [0.1, 0.15) is 37.7 Å². The van der Waals surface area contributed by atoms with Crippen molar-refractivity contribution in [2.24, 2.45) is 5.92 Å². The largest absolute Gasteiger partial charge is 0.390 e. The van der Waals surface area contributed by atoms with Crippen LogP contribution in [-0.2, 0) is 6.54 Å². The summed E-state index contributed by atoms with van der Waals surface area (Å²) >= 11 is 0. The molecule has 2 nitrogen and oxygen atoms in total. The van der Waals surface area contributed by atoms with Gasteiger partial charge in [0, 0.05) is 5.39 Å². The van der Waals surface area contributed by atoms with Crippen LogP contribution < -0.4 is 0 Å². The first-order chi connectivity index (χ1) is 9.48. The van der Waals surface area contributed by atoms with Crippen molar-refractivity contribution in [2.75, 3.05) is 0 Å². The minimum absolute atomic E-state index is 0.113. The van der Waals surface area contributed by atoms with Crippen molar-refractivity contribution in [3.8, 4) is 0 Å². The second-order valence-electron chi connectivity index (χ2n) is 5.56. The summed E-state index contributed by atoms with van der Waals surface area (Å²) in [4.78, 5) is 0. The number of hydrogen-bond acceptors (Lipinski definition) is 1. The third-order valence-corrected chi connectivity index (χ3v) is 4.15. The number of halogens is 3. The molecule has 0 aliphatic heterocycles. The van der Waals surface area contributed by atoms with Crippen molar-refractivity contribution in [2.45, 2.75) is 44.8 Å². The van der Waals surface area contributed by atoms with Gasteiger partial charge in [0.1, 0.15) is 0 Å². The van der Waals surface area contributed by atoms with E-state index in [1.807, 2.05) is 12.1 Å². The van der Waals surface area contributed by atoms with E-state index in [0.29, 0.717) is 5.92 Å². The Balaban J connectivity index is 1.84. The van der Waals surface area contributed by atoms with E-state index in [1.54, 1.807) is 6.20 Å². The first kappa shape index (κ1) is 13.5. The number of fused-ring (bicyclic) bond motifs is 1. The molecule has 2 aromatic rings. The van der Waals surface area contributed by atoms with Crippen LogP contribution in [0.2, 0.25) is 0 Å². The zero-order valence-corrected chi connectivity index (χ0v) is 11.3. The molecule has 2 atom stereocenters. The Morgan fingerprint density at radius 2 is 2.15 bits per heavy atom. The molecule has 0 unspecified atom stereocenters. The lowest BCUT2D eigenvalue weighted by Gasteiger charge is -2.08. The van der Waals surface area contributed by atoms with Crippen molar-refractivity contribution in [3.63, 3.8) is 0 Å². The molecule has 108 valence electrons. The van der Waals surface area contributed by atoms with Crippen LogP contribution >= 0.6 is 0 Å². The van der Waals surface area contributed by atoms with Gasteiger partial charge in [0.2, 0.25) is 0 Å². The summed E-state index contributed by atoms with van der Waals surface area (Å²) in [7, 11) is 0. The molecule has 0 bridgehead atoms. The van der Waals surface area contributed by atoms with Crippen LogP contribution in [0.3, 0.4) is 0 Å². The average Bonchev–Trinajstić information content (AvgIpc) is 3.08. The van der Waals surface area contributed by atoms with E-state index in [0.717, 1.165) is 23.2 Å². The van der Waals surface area contributed by atoms with Gasteiger partial charge in [0.15, 0.2) is 0 Å². The Hall–Kier alpha value is -1.52. The van der Waals surface area contributed by atoms with E-state index >= 15 is 0 Å². The first-order valence-electron chi connectivity index (χ1n) is 7.00. The van der Waals surface area contributed by atoms with E-state index < -0.39 is 12.6 Å². The van der Waals surface area contributed by atoms with Crippen LogP contribution in [-0.4, -0.2) is 16.0 Å². The lowest BCUT2D eigenvalue weighted by atomic mass is 10.1. The molecule has 0 spiro atoms. The molecule has 1 aromatic carbocycles. The van der Waals surface area contributed by atoms with Crippen LogP contribution in [0.4, 0.5) is 13.2 Å². The molecule has 0 amide bonds. The minimum Gasteiger partial charge on any atom is -0.265 e. The lowest BCUT2D eigenvalue weighted by molar-refractivity contribution is -0.137. The normalized spacial score (nSPS) is 22.4. The number of nitrogens with zero attached hydrogens (tertiary/aromatic N) is 2. The number of hydrogen-bond donors (Lipinski definition) is 0. The fraction of sp³-hybridized carbons (Fsp3) is 0.533. The maximum Gasteiger partial charge on any atom is 0.390 e. The molecule has 0 radical (unpaired) electrons. The minimum atomic E-state index is -4.14. The van der Waals surface area contributed by atoms with Gasteiger partial charge in [0.05, 0.1) is 24.7 Å². The molecule has 1 aromatic heterocycles. The van der Waals surface area contributed by atoms with E-state index in [1.165, 1.54) is 16.7 Å². The average molecular weight is 282 g/mol. The summed E-state index contributed by atoms with van der Waals surface area (Å²) in [5, 5.41) is 4.98. The maximum atomic E-state index is 12.3. The van der Waals surface area contributed by atoms with Gasteiger partial charge in [-0.3, -0.25) is 4.68 Å². The van der Waals surface area contributed by atoms with Crippen LogP contribution in [0.15, 0.2) is 24.4 Å². The molecule has 1 saturated carbocycles. The summed E-state index contributed by atoms with van der Waals surface area (Å²) < 4.78 is 38.4. The number of aryl methyl sites for hydroxylation is 1. The molecule has 1 aliphatic rings. The van der Waals surface area contributed by atoms with Crippen molar-refractivity contribution in [3.05, 3.63) is 30.0 Å². The SMILES string of the molecule is CC[C@H]1C[C@@H]1c1ccc2cnn(CCC(F)(F)F)c2c1. The van der Waals surface area contributed by atoms with Crippen molar-refractivity contribution in [1.82, 2.24) is 9.78 Å². The molecule has 5 heteroatoms. The van der Waals surface area contributed by atoms with Gasteiger partial charge in [0.25, 0.3) is 0 Å². The van der Waals surface area contributed by atoms with E-state index in [9.17, 15) is 13.2 Å². The van der Waals surface area contributed by atoms with Gasteiger partial charge in [-0.25, -0.2) is 0 Å². The molecular formula is C15H17F3N2.